The summed E-state index contributed by atoms with van der Waals surface area (Å²) < 4.78 is 5.78. The molecule has 30 heavy (non-hydrogen) atoms. The van der Waals surface area contributed by atoms with Crippen molar-refractivity contribution in [3.05, 3.63) is 63.1 Å². The Kier molecular flexibility index (Phi) is 9.00. The van der Waals surface area contributed by atoms with Gasteiger partial charge < -0.3 is 15.0 Å². The number of hydrogen-bond acceptors (Lipinski definition) is 3. The zero-order valence-corrected chi connectivity index (χ0v) is 19.3. The molecule has 2 aromatic carbocycles. The van der Waals surface area contributed by atoms with Gasteiger partial charge in [-0.1, -0.05) is 48.3 Å². The molecule has 0 saturated heterocycles. The Bertz CT molecular complexity index is 902. The van der Waals surface area contributed by atoms with E-state index in [9.17, 15) is 9.59 Å². The van der Waals surface area contributed by atoms with Crippen molar-refractivity contribution in [2.24, 2.45) is 0 Å². The van der Waals surface area contributed by atoms with Gasteiger partial charge in [0.25, 0.3) is 5.91 Å². The van der Waals surface area contributed by atoms with E-state index in [1.807, 2.05) is 39.0 Å². The van der Waals surface area contributed by atoms with Gasteiger partial charge in [-0.2, -0.15) is 0 Å². The monoisotopic (exact) mass is 450 g/mol. The molecule has 1 unspecified atom stereocenters. The second-order valence-corrected chi connectivity index (χ2v) is 8.05. The largest absolute Gasteiger partial charge is 0.483 e. The van der Waals surface area contributed by atoms with E-state index < -0.39 is 6.04 Å². The van der Waals surface area contributed by atoms with Crippen molar-refractivity contribution in [1.29, 1.82) is 0 Å². The molecule has 0 bridgehead atoms. The molecule has 0 aromatic heterocycles. The molecule has 162 valence electrons. The van der Waals surface area contributed by atoms with Crippen LogP contribution in [0.1, 0.15) is 37.0 Å². The number of nitrogens with zero attached hydrogens (tertiary/aromatic N) is 1. The molecule has 0 aliphatic carbocycles. The van der Waals surface area contributed by atoms with Gasteiger partial charge in [-0.05, 0) is 62.1 Å². The lowest BCUT2D eigenvalue weighted by Gasteiger charge is -2.29. The van der Waals surface area contributed by atoms with Crippen LogP contribution in [0.25, 0.3) is 0 Å². The highest BCUT2D eigenvalue weighted by atomic mass is 35.5. The quantitative estimate of drug-likeness (QED) is 0.588. The lowest BCUT2D eigenvalue weighted by Crippen LogP contribution is -2.49. The average Bonchev–Trinajstić information content (AvgIpc) is 2.71. The summed E-state index contributed by atoms with van der Waals surface area (Å²) in [6, 6.07) is 10.1. The fourth-order valence-electron chi connectivity index (χ4n) is 2.91. The molecule has 7 heteroatoms. The van der Waals surface area contributed by atoms with Crippen LogP contribution in [0.15, 0.2) is 36.4 Å². The molecule has 2 aromatic rings. The fourth-order valence-corrected chi connectivity index (χ4v) is 3.38. The number of ether oxygens (including phenoxy) is 1. The first-order valence-electron chi connectivity index (χ1n) is 9.94. The Balaban J connectivity index is 2.21. The number of rotatable bonds is 9. The Morgan fingerprint density at radius 1 is 1.17 bits per heavy atom. The van der Waals surface area contributed by atoms with Crippen LogP contribution in [0.5, 0.6) is 5.75 Å². The Morgan fingerprint density at radius 2 is 1.90 bits per heavy atom. The van der Waals surface area contributed by atoms with Crippen LogP contribution in [0.2, 0.25) is 10.0 Å². The number of nitrogens with one attached hydrogen (secondary N) is 1. The summed E-state index contributed by atoms with van der Waals surface area (Å²) in [7, 11) is 0. The van der Waals surface area contributed by atoms with E-state index in [1.54, 1.807) is 25.1 Å². The van der Waals surface area contributed by atoms with Crippen molar-refractivity contribution < 1.29 is 14.3 Å². The second kappa shape index (κ2) is 11.2. The molecule has 2 amide bonds. The van der Waals surface area contributed by atoms with Crippen LogP contribution in [-0.2, 0) is 16.1 Å². The highest BCUT2D eigenvalue weighted by molar-refractivity contribution is 6.35. The third-order valence-corrected chi connectivity index (χ3v) is 5.57. The molecular formula is C23H28Cl2N2O3. The standard InChI is InChI=1S/C23H28Cl2N2O3/c1-5-11-26-23(29)17(4)27(13-18-9-10-19(24)12-20(18)25)22(28)14-30-21-8-6-7-15(2)16(21)3/h6-10,12,17H,5,11,13-14H2,1-4H3,(H,26,29). The van der Waals surface area contributed by atoms with Crippen molar-refractivity contribution >= 4 is 35.0 Å². The molecule has 0 aliphatic heterocycles. The Morgan fingerprint density at radius 3 is 2.57 bits per heavy atom. The summed E-state index contributed by atoms with van der Waals surface area (Å²) in [4.78, 5) is 27.1. The predicted molar refractivity (Wildman–Crippen MR) is 121 cm³/mol. The van der Waals surface area contributed by atoms with E-state index >= 15 is 0 Å². The van der Waals surface area contributed by atoms with Crippen molar-refractivity contribution in [3.63, 3.8) is 0 Å². The van der Waals surface area contributed by atoms with E-state index in [2.05, 4.69) is 5.32 Å². The maximum atomic E-state index is 13.1. The number of hydrogen-bond donors (Lipinski definition) is 1. The van der Waals surface area contributed by atoms with E-state index in [0.29, 0.717) is 27.9 Å². The van der Waals surface area contributed by atoms with Gasteiger partial charge in [-0.25, -0.2) is 0 Å². The Labute approximate surface area is 188 Å². The molecule has 0 saturated carbocycles. The summed E-state index contributed by atoms with van der Waals surface area (Å²) >= 11 is 12.3. The molecule has 2 rings (SSSR count). The van der Waals surface area contributed by atoms with Gasteiger partial charge in [0.05, 0.1) is 0 Å². The zero-order chi connectivity index (χ0) is 22.3. The molecule has 5 nitrogen and oxygen atoms in total. The summed E-state index contributed by atoms with van der Waals surface area (Å²) in [6.45, 7) is 8.14. The minimum absolute atomic E-state index is 0.172. The van der Waals surface area contributed by atoms with Gasteiger partial charge in [0.1, 0.15) is 11.8 Å². The first-order chi connectivity index (χ1) is 14.2. The first kappa shape index (κ1) is 24.0. The second-order valence-electron chi connectivity index (χ2n) is 7.21. The normalized spacial score (nSPS) is 11.7. The minimum atomic E-state index is -0.682. The molecule has 0 fully saturated rings. The van der Waals surface area contributed by atoms with Gasteiger partial charge >= 0.3 is 0 Å². The van der Waals surface area contributed by atoms with Gasteiger partial charge in [-0.3, -0.25) is 9.59 Å². The lowest BCUT2D eigenvalue weighted by atomic mass is 10.1. The van der Waals surface area contributed by atoms with Crippen molar-refractivity contribution in [1.82, 2.24) is 10.2 Å². The summed E-state index contributed by atoms with van der Waals surface area (Å²) in [5, 5.41) is 3.79. The maximum Gasteiger partial charge on any atom is 0.261 e. The molecule has 0 heterocycles. The average molecular weight is 451 g/mol. The van der Waals surface area contributed by atoms with Crippen molar-refractivity contribution in [3.8, 4) is 5.75 Å². The molecule has 1 atom stereocenters. The third-order valence-electron chi connectivity index (χ3n) is 4.98. The fraction of sp³-hybridized carbons (Fsp3) is 0.391. The van der Waals surface area contributed by atoms with Gasteiger partial charge in [0, 0.05) is 23.1 Å². The third kappa shape index (κ3) is 6.38. The first-order valence-corrected chi connectivity index (χ1v) is 10.7. The summed E-state index contributed by atoms with van der Waals surface area (Å²) in [5.74, 6) is 0.124. The van der Waals surface area contributed by atoms with Gasteiger partial charge in [0.2, 0.25) is 5.91 Å². The number of amides is 2. The molecule has 0 radical (unpaired) electrons. The lowest BCUT2D eigenvalue weighted by molar-refractivity contribution is -0.142. The van der Waals surface area contributed by atoms with Crippen molar-refractivity contribution in [2.75, 3.05) is 13.2 Å². The predicted octanol–water partition coefficient (Wildman–Crippen LogP) is 4.93. The van der Waals surface area contributed by atoms with E-state index in [-0.39, 0.29) is 25.0 Å². The maximum absolute atomic E-state index is 13.1. The highest BCUT2D eigenvalue weighted by Gasteiger charge is 2.27. The van der Waals surface area contributed by atoms with Crippen LogP contribution in [0, 0.1) is 13.8 Å². The summed E-state index contributed by atoms with van der Waals surface area (Å²) in [5.41, 5.74) is 2.76. The smallest absolute Gasteiger partial charge is 0.261 e. The number of carbonyl (C=O) groups is 2. The van der Waals surface area contributed by atoms with Crippen LogP contribution >= 0.6 is 23.2 Å². The number of aryl methyl sites for hydroxylation is 1. The Hall–Kier alpha value is -2.24. The molecule has 0 spiro atoms. The molecule has 1 N–H and O–H groups in total. The van der Waals surface area contributed by atoms with E-state index in [0.717, 1.165) is 17.5 Å². The summed E-state index contributed by atoms with van der Waals surface area (Å²) in [6.07, 6.45) is 0.811. The minimum Gasteiger partial charge on any atom is -0.483 e. The van der Waals surface area contributed by atoms with Crippen molar-refractivity contribution in [2.45, 2.75) is 46.7 Å². The van der Waals surface area contributed by atoms with Crippen LogP contribution in [0.3, 0.4) is 0 Å². The van der Waals surface area contributed by atoms with E-state index in [4.69, 9.17) is 27.9 Å². The number of carbonyl (C=O) groups excluding carboxylic acids is 2. The van der Waals surface area contributed by atoms with Gasteiger partial charge in [-0.15, -0.1) is 0 Å². The van der Waals surface area contributed by atoms with Crippen LogP contribution in [0.4, 0.5) is 0 Å². The zero-order valence-electron chi connectivity index (χ0n) is 17.8. The van der Waals surface area contributed by atoms with Gasteiger partial charge in [0.15, 0.2) is 6.61 Å². The highest BCUT2D eigenvalue weighted by Crippen LogP contribution is 2.24. The SMILES string of the molecule is CCCNC(=O)C(C)N(Cc1ccc(Cl)cc1Cl)C(=O)COc1cccc(C)c1C. The number of halogens is 2. The van der Waals surface area contributed by atoms with E-state index in [1.165, 1.54) is 4.90 Å². The van der Waals surface area contributed by atoms with Crippen LogP contribution < -0.4 is 10.1 Å². The number of benzene rings is 2. The molecule has 0 aliphatic rings. The topological polar surface area (TPSA) is 58.6 Å². The molecular weight excluding hydrogens is 423 g/mol. The van der Waals surface area contributed by atoms with Crippen LogP contribution in [-0.4, -0.2) is 35.9 Å².